The number of thioether (sulfide) groups is 1. The molecule has 0 radical (unpaired) electrons. The Morgan fingerprint density at radius 3 is 3.07 bits per heavy atom. The van der Waals surface area contributed by atoms with Crippen molar-refractivity contribution in [1.82, 2.24) is 9.97 Å². The zero-order valence-electron chi connectivity index (χ0n) is 7.97. The Kier molecular flexibility index (Phi) is 4.99. The summed E-state index contributed by atoms with van der Waals surface area (Å²) < 4.78 is 4.53. The summed E-state index contributed by atoms with van der Waals surface area (Å²) in [6.07, 6.45) is 6.27. The van der Waals surface area contributed by atoms with Crippen LogP contribution in [0.3, 0.4) is 0 Å². The second-order valence-corrected chi connectivity index (χ2v) is 3.69. The van der Waals surface area contributed by atoms with Gasteiger partial charge in [-0.3, -0.25) is 9.78 Å². The monoisotopic (exact) mass is 212 g/mol. The molecule has 0 spiro atoms. The van der Waals surface area contributed by atoms with Gasteiger partial charge in [0.25, 0.3) is 0 Å². The SMILES string of the molecule is COC(=O)CCCSc1cnccn1. The van der Waals surface area contributed by atoms with Crippen LogP contribution in [0.25, 0.3) is 0 Å². The van der Waals surface area contributed by atoms with Gasteiger partial charge in [-0.25, -0.2) is 4.98 Å². The van der Waals surface area contributed by atoms with Crippen LogP contribution >= 0.6 is 11.8 Å². The highest BCUT2D eigenvalue weighted by molar-refractivity contribution is 7.99. The number of hydrogen-bond donors (Lipinski definition) is 0. The highest BCUT2D eigenvalue weighted by Gasteiger charge is 2.00. The van der Waals surface area contributed by atoms with E-state index in [4.69, 9.17) is 0 Å². The van der Waals surface area contributed by atoms with Crippen LogP contribution < -0.4 is 0 Å². The maximum atomic E-state index is 10.8. The minimum Gasteiger partial charge on any atom is -0.469 e. The van der Waals surface area contributed by atoms with Crippen LogP contribution in [0.1, 0.15) is 12.8 Å². The smallest absolute Gasteiger partial charge is 0.305 e. The Balaban J connectivity index is 2.13. The van der Waals surface area contributed by atoms with E-state index in [2.05, 4.69) is 14.7 Å². The molecule has 5 heteroatoms. The summed E-state index contributed by atoms with van der Waals surface area (Å²) in [5.41, 5.74) is 0. The molecule has 0 aliphatic heterocycles. The lowest BCUT2D eigenvalue weighted by molar-refractivity contribution is -0.140. The Bertz CT molecular complexity index is 279. The van der Waals surface area contributed by atoms with Gasteiger partial charge >= 0.3 is 5.97 Å². The highest BCUT2D eigenvalue weighted by atomic mass is 32.2. The summed E-state index contributed by atoms with van der Waals surface area (Å²) in [7, 11) is 1.40. The molecule has 1 aromatic rings. The summed E-state index contributed by atoms with van der Waals surface area (Å²) in [6.45, 7) is 0. The van der Waals surface area contributed by atoms with Crippen molar-refractivity contribution in [3.8, 4) is 0 Å². The Hall–Kier alpha value is -1.10. The van der Waals surface area contributed by atoms with Crippen LogP contribution in [-0.2, 0) is 9.53 Å². The average Bonchev–Trinajstić information content (AvgIpc) is 2.25. The number of nitrogens with zero attached hydrogens (tertiary/aromatic N) is 2. The quantitative estimate of drug-likeness (QED) is 0.421. The maximum absolute atomic E-state index is 10.8. The number of carbonyl (C=O) groups is 1. The second-order valence-electron chi connectivity index (χ2n) is 2.57. The summed E-state index contributed by atoms with van der Waals surface area (Å²) in [5.74, 6) is 0.693. The van der Waals surface area contributed by atoms with Crippen LogP contribution in [0.2, 0.25) is 0 Å². The molecule has 0 aromatic carbocycles. The largest absolute Gasteiger partial charge is 0.469 e. The van der Waals surface area contributed by atoms with Crippen molar-refractivity contribution in [3.05, 3.63) is 18.6 Å². The Morgan fingerprint density at radius 2 is 2.43 bits per heavy atom. The summed E-state index contributed by atoms with van der Waals surface area (Å²) >= 11 is 1.59. The predicted octanol–water partition coefficient (Wildman–Crippen LogP) is 1.52. The van der Waals surface area contributed by atoms with Gasteiger partial charge in [0.15, 0.2) is 0 Å². The fourth-order valence-electron chi connectivity index (χ4n) is 0.855. The normalized spacial score (nSPS) is 9.79. The van der Waals surface area contributed by atoms with E-state index in [0.29, 0.717) is 6.42 Å². The zero-order valence-corrected chi connectivity index (χ0v) is 8.79. The molecule has 0 amide bonds. The number of aromatic nitrogens is 2. The van der Waals surface area contributed by atoms with Crippen LogP contribution in [0.5, 0.6) is 0 Å². The van der Waals surface area contributed by atoms with Gasteiger partial charge in [-0.05, 0) is 6.42 Å². The van der Waals surface area contributed by atoms with Gasteiger partial charge < -0.3 is 4.74 Å². The van der Waals surface area contributed by atoms with Gasteiger partial charge in [0.1, 0.15) is 5.03 Å². The lowest BCUT2D eigenvalue weighted by atomic mass is 10.3. The molecule has 0 unspecified atom stereocenters. The van der Waals surface area contributed by atoms with Gasteiger partial charge in [-0.15, -0.1) is 11.8 Å². The second kappa shape index (κ2) is 6.37. The van der Waals surface area contributed by atoms with Crippen LogP contribution in [0.4, 0.5) is 0 Å². The van der Waals surface area contributed by atoms with Gasteiger partial charge in [0, 0.05) is 24.6 Å². The van der Waals surface area contributed by atoms with Crippen molar-refractivity contribution in [2.75, 3.05) is 12.9 Å². The first-order valence-corrected chi connectivity index (χ1v) is 5.27. The van der Waals surface area contributed by atoms with E-state index >= 15 is 0 Å². The molecule has 0 bridgehead atoms. The molecule has 0 atom stereocenters. The first-order valence-electron chi connectivity index (χ1n) is 4.28. The zero-order chi connectivity index (χ0) is 10.2. The molecule has 0 fully saturated rings. The molecule has 76 valence electrons. The Labute approximate surface area is 87.1 Å². The molecule has 1 heterocycles. The van der Waals surface area contributed by atoms with E-state index in [1.165, 1.54) is 7.11 Å². The van der Waals surface area contributed by atoms with Crippen molar-refractivity contribution in [2.45, 2.75) is 17.9 Å². The summed E-state index contributed by atoms with van der Waals surface area (Å²) in [4.78, 5) is 18.8. The highest BCUT2D eigenvalue weighted by Crippen LogP contribution is 2.14. The van der Waals surface area contributed by atoms with Crippen LogP contribution in [0.15, 0.2) is 23.6 Å². The van der Waals surface area contributed by atoms with E-state index in [1.54, 1.807) is 30.4 Å². The van der Waals surface area contributed by atoms with Crippen molar-refractivity contribution in [2.24, 2.45) is 0 Å². The lowest BCUT2D eigenvalue weighted by Gasteiger charge is -1.99. The number of carbonyl (C=O) groups excluding carboxylic acids is 1. The fourth-order valence-corrected chi connectivity index (χ4v) is 1.62. The van der Waals surface area contributed by atoms with E-state index in [-0.39, 0.29) is 5.97 Å². The lowest BCUT2D eigenvalue weighted by Crippen LogP contribution is -2.00. The number of hydrogen-bond acceptors (Lipinski definition) is 5. The molecule has 0 aliphatic carbocycles. The van der Waals surface area contributed by atoms with E-state index < -0.39 is 0 Å². The van der Waals surface area contributed by atoms with E-state index in [9.17, 15) is 4.79 Å². The minimum atomic E-state index is -0.162. The maximum Gasteiger partial charge on any atom is 0.305 e. The number of ether oxygens (including phenoxy) is 1. The number of rotatable bonds is 5. The third kappa shape index (κ3) is 4.23. The van der Waals surface area contributed by atoms with Crippen LogP contribution in [-0.4, -0.2) is 28.8 Å². The average molecular weight is 212 g/mol. The third-order valence-corrected chi connectivity index (χ3v) is 2.54. The first-order chi connectivity index (χ1) is 6.83. The minimum absolute atomic E-state index is 0.162. The predicted molar refractivity (Wildman–Crippen MR) is 54.0 cm³/mol. The summed E-state index contributed by atoms with van der Waals surface area (Å²) in [5, 5.41) is 0.886. The molecule has 0 aliphatic rings. The molecule has 14 heavy (non-hydrogen) atoms. The van der Waals surface area contributed by atoms with Gasteiger partial charge in [-0.1, -0.05) is 0 Å². The molecule has 0 saturated carbocycles. The van der Waals surface area contributed by atoms with Crippen molar-refractivity contribution >= 4 is 17.7 Å². The molecule has 0 saturated heterocycles. The number of methoxy groups -OCH3 is 1. The van der Waals surface area contributed by atoms with Gasteiger partial charge in [0.05, 0.1) is 13.3 Å². The summed E-state index contributed by atoms with van der Waals surface area (Å²) in [6, 6.07) is 0. The molecule has 0 N–H and O–H groups in total. The van der Waals surface area contributed by atoms with E-state index in [0.717, 1.165) is 17.2 Å². The van der Waals surface area contributed by atoms with Gasteiger partial charge in [-0.2, -0.15) is 0 Å². The standard InChI is InChI=1S/C9H12N2O2S/c1-13-9(12)3-2-6-14-8-7-10-4-5-11-8/h4-5,7H,2-3,6H2,1H3. The van der Waals surface area contributed by atoms with Crippen molar-refractivity contribution in [3.63, 3.8) is 0 Å². The molecule has 1 rings (SSSR count). The van der Waals surface area contributed by atoms with Crippen molar-refractivity contribution in [1.29, 1.82) is 0 Å². The number of esters is 1. The molecular weight excluding hydrogens is 200 g/mol. The van der Waals surface area contributed by atoms with Crippen LogP contribution in [0, 0.1) is 0 Å². The molecule has 4 nitrogen and oxygen atoms in total. The Morgan fingerprint density at radius 1 is 1.57 bits per heavy atom. The van der Waals surface area contributed by atoms with Gasteiger partial charge in [0.2, 0.25) is 0 Å². The fraction of sp³-hybridized carbons (Fsp3) is 0.444. The van der Waals surface area contributed by atoms with E-state index in [1.807, 2.05) is 0 Å². The molecule has 1 aromatic heterocycles. The molecular formula is C9H12N2O2S. The van der Waals surface area contributed by atoms with Crippen molar-refractivity contribution < 1.29 is 9.53 Å². The topological polar surface area (TPSA) is 52.1 Å². The third-order valence-electron chi connectivity index (χ3n) is 1.54. The first kappa shape index (κ1) is 11.0.